The third kappa shape index (κ3) is 9.82. The van der Waals surface area contributed by atoms with Crippen molar-refractivity contribution in [3.63, 3.8) is 0 Å². The summed E-state index contributed by atoms with van der Waals surface area (Å²) in [5, 5.41) is 0. The van der Waals surface area contributed by atoms with Gasteiger partial charge in [-0.3, -0.25) is 9.79 Å². The van der Waals surface area contributed by atoms with Gasteiger partial charge in [-0.05, 0) is 38.0 Å². The molecule has 0 aromatic heterocycles. The summed E-state index contributed by atoms with van der Waals surface area (Å²) in [4.78, 5) is 17.3. The van der Waals surface area contributed by atoms with E-state index in [4.69, 9.17) is 32.4 Å². The SMILES string of the molecule is CCCCOC(OCCCC)(C(=O)[C@@H](N)CC(C)C)[C@@H](N)CCCN=C(N)N. The number of ether oxygens (including phenoxy) is 2. The smallest absolute Gasteiger partial charge is 0.246 e. The molecule has 0 saturated heterocycles. The number of nitrogens with zero attached hydrogens (tertiary/aromatic N) is 1. The Morgan fingerprint density at radius 3 is 1.96 bits per heavy atom. The zero-order valence-electron chi connectivity index (χ0n) is 18.3. The molecule has 8 heteroatoms. The van der Waals surface area contributed by atoms with E-state index >= 15 is 0 Å². The summed E-state index contributed by atoms with van der Waals surface area (Å²) in [5.74, 6) is -1.49. The largest absolute Gasteiger partial charge is 0.370 e. The minimum absolute atomic E-state index is 0.0354. The van der Waals surface area contributed by atoms with Crippen LogP contribution in [0.2, 0.25) is 0 Å². The van der Waals surface area contributed by atoms with Gasteiger partial charge in [0, 0.05) is 6.54 Å². The van der Waals surface area contributed by atoms with Crippen molar-refractivity contribution in [2.24, 2.45) is 33.8 Å². The number of guanidine groups is 1. The highest BCUT2D eigenvalue weighted by atomic mass is 16.7. The minimum Gasteiger partial charge on any atom is -0.370 e. The molecular formula is C20H43N5O3. The number of nitrogens with two attached hydrogens (primary N) is 4. The van der Waals surface area contributed by atoms with Crippen molar-refractivity contribution in [2.45, 2.75) is 90.5 Å². The van der Waals surface area contributed by atoms with E-state index in [1.807, 2.05) is 13.8 Å². The Balaban J connectivity index is 5.51. The van der Waals surface area contributed by atoms with Crippen molar-refractivity contribution in [1.82, 2.24) is 0 Å². The van der Waals surface area contributed by atoms with E-state index in [0.29, 0.717) is 39.0 Å². The molecule has 0 saturated carbocycles. The van der Waals surface area contributed by atoms with E-state index in [0.717, 1.165) is 25.7 Å². The number of carbonyl (C=O) groups excluding carboxylic acids is 1. The van der Waals surface area contributed by atoms with Crippen LogP contribution in [-0.4, -0.2) is 49.4 Å². The standard InChI is InChI=1S/C20H43N5O3/c1-5-7-12-27-20(28-13-8-6-2,18(26)16(21)14-15(3)4)17(22)10-9-11-25-19(23)24/h15-17H,5-14,21-22H2,1-4H3,(H4,23,24,25)/t16-,17-/m0/s1. The Hall–Kier alpha value is -1.22. The fourth-order valence-electron chi connectivity index (χ4n) is 2.90. The third-order valence-electron chi connectivity index (χ3n) is 4.49. The molecule has 0 aromatic carbocycles. The molecule has 0 bridgehead atoms. The van der Waals surface area contributed by atoms with Gasteiger partial charge in [-0.2, -0.15) is 0 Å². The average molecular weight is 402 g/mol. The van der Waals surface area contributed by atoms with Gasteiger partial charge in [-0.15, -0.1) is 0 Å². The Morgan fingerprint density at radius 2 is 1.54 bits per heavy atom. The van der Waals surface area contributed by atoms with Crippen LogP contribution in [0.1, 0.15) is 72.6 Å². The molecule has 166 valence electrons. The predicted molar refractivity (Wildman–Crippen MR) is 115 cm³/mol. The van der Waals surface area contributed by atoms with E-state index in [-0.39, 0.29) is 17.7 Å². The van der Waals surface area contributed by atoms with Gasteiger partial charge in [0.2, 0.25) is 11.6 Å². The summed E-state index contributed by atoms with van der Waals surface area (Å²) in [7, 11) is 0. The molecule has 0 spiro atoms. The number of Topliss-reactive ketones (excluding diaryl/α,β-unsaturated/α-hetero) is 1. The normalized spacial score (nSPS) is 14.1. The lowest BCUT2D eigenvalue weighted by molar-refractivity contribution is -0.241. The number of rotatable bonds is 17. The Kier molecular flexibility index (Phi) is 14.1. The van der Waals surface area contributed by atoms with E-state index in [2.05, 4.69) is 18.8 Å². The second kappa shape index (κ2) is 14.7. The van der Waals surface area contributed by atoms with E-state index in [1.54, 1.807) is 0 Å². The van der Waals surface area contributed by atoms with Crippen LogP contribution in [0.4, 0.5) is 0 Å². The van der Waals surface area contributed by atoms with Gasteiger partial charge in [0.15, 0.2) is 5.96 Å². The number of hydrogen-bond donors (Lipinski definition) is 4. The van der Waals surface area contributed by atoms with Crippen LogP contribution in [0.25, 0.3) is 0 Å². The van der Waals surface area contributed by atoms with Crippen molar-refractivity contribution in [3.05, 3.63) is 0 Å². The van der Waals surface area contributed by atoms with Gasteiger partial charge < -0.3 is 32.4 Å². The predicted octanol–water partition coefficient (Wildman–Crippen LogP) is 1.64. The maximum atomic E-state index is 13.3. The molecule has 8 nitrogen and oxygen atoms in total. The summed E-state index contributed by atoms with van der Waals surface area (Å²) < 4.78 is 12.1. The Labute approximate surface area is 170 Å². The quantitative estimate of drug-likeness (QED) is 0.125. The molecule has 0 aliphatic rings. The van der Waals surface area contributed by atoms with Crippen molar-refractivity contribution in [3.8, 4) is 0 Å². The van der Waals surface area contributed by atoms with Crippen LogP contribution < -0.4 is 22.9 Å². The molecule has 0 aromatic rings. The van der Waals surface area contributed by atoms with E-state index in [9.17, 15) is 4.79 Å². The zero-order valence-corrected chi connectivity index (χ0v) is 18.3. The van der Waals surface area contributed by atoms with Crippen molar-refractivity contribution >= 4 is 11.7 Å². The molecule has 28 heavy (non-hydrogen) atoms. The summed E-state index contributed by atoms with van der Waals surface area (Å²) in [6.07, 6.45) is 5.15. The topological polar surface area (TPSA) is 152 Å². The van der Waals surface area contributed by atoms with Crippen molar-refractivity contribution in [1.29, 1.82) is 0 Å². The second-order valence-electron chi connectivity index (χ2n) is 7.73. The summed E-state index contributed by atoms with van der Waals surface area (Å²) in [5.41, 5.74) is 23.4. The molecule has 0 fully saturated rings. The Bertz CT molecular complexity index is 443. The first-order chi connectivity index (χ1) is 13.2. The molecule has 2 atom stereocenters. The third-order valence-corrected chi connectivity index (χ3v) is 4.49. The lowest BCUT2D eigenvalue weighted by atomic mass is 9.90. The van der Waals surface area contributed by atoms with Crippen LogP contribution in [0.3, 0.4) is 0 Å². The van der Waals surface area contributed by atoms with Gasteiger partial charge in [-0.25, -0.2) is 0 Å². The maximum absolute atomic E-state index is 13.3. The molecule has 8 N–H and O–H groups in total. The first-order valence-electron chi connectivity index (χ1n) is 10.6. The van der Waals surface area contributed by atoms with Crippen LogP contribution in [0, 0.1) is 5.92 Å². The maximum Gasteiger partial charge on any atom is 0.246 e. The average Bonchev–Trinajstić information content (AvgIpc) is 2.62. The van der Waals surface area contributed by atoms with Gasteiger partial charge in [0.05, 0.1) is 25.3 Å². The van der Waals surface area contributed by atoms with Crippen LogP contribution in [0.5, 0.6) is 0 Å². The molecule has 0 unspecified atom stereocenters. The van der Waals surface area contributed by atoms with E-state index < -0.39 is 17.9 Å². The highest BCUT2D eigenvalue weighted by Crippen LogP contribution is 2.26. The molecule has 0 rings (SSSR count). The molecule has 0 radical (unpaired) electrons. The van der Waals surface area contributed by atoms with Crippen molar-refractivity contribution in [2.75, 3.05) is 19.8 Å². The molecule has 0 heterocycles. The fraction of sp³-hybridized carbons (Fsp3) is 0.900. The Morgan fingerprint density at radius 1 is 1.00 bits per heavy atom. The molecule has 0 amide bonds. The first kappa shape index (κ1) is 26.8. The number of unbranched alkanes of at least 4 members (excludes halogenated alkanes) is 2. The van der Waals surface area contributed by atoms with Crippen LogP contribution in [0.15, 0.2) is 4.99 Å². The highest BCUT2D eigenvalue weighted by Gasteiger charge is 2.48. The monoisotopic (exact) mass is 401 g/mol. The van der Waals surface area contributed by atoms with Crippen LogP contribution >= 0.6 is 0 Å². The van der Waals surface area contributed by atoms with E-state index in [1.165, 1.54) is 0 Å². The van der Waals surface area contributed by atoms with Crippen LogP contribution in [-0.2, 0) is 14.3 Å². The number of carbonyl (C=O) groups is 1. The fourth-order valence-corrected chi connectivity index (χ4v) is 2.90. The minimum atomic E-state index is -1.53. The molecule has 0 aliphatic heterocycles. The van der Waals surface area contributed by atoms with Crippen molar-refractivity contribution < 1.29 is 14.3 Å². The molecular weight excluding hydrogens is 358 g/mol. The zero-order chi connectivity index (χ0) is 21.6. The summed E-state index contributed by atoms with van der Waals surface area (Å²) in [6.45, 7) is 9.39. The van der Waals surface area contributed by atoms with Gasteiger partial charge in [-0.1, -0.05) is 40.5 Å². The van der Waals surface area contributed by atoms with Gasteiger partial charge in [0.25, 0.3) is 0 Å². The van der Waals surface area contributed by atoms with Gasteiger partial charge >= 0.3 is 0 Å². The highest BCUT2D eigenvalue weighted by molar-refractivity contribution is 5.91. The number of ketones is 1. The molecule has 0 aliphatic carbocycles. The first-order valence-corrected chi connectivity index (χ1v) is 10.6. The lowest BCUT2D eigenvalue weighted by Crippen LogP contribution is -2.62. The lowest BCUT2D eigenvalue weighted by Gasteiger charge is -2.39. The summed E-state index contributed by atoms with van der Waals surface area (Å²) in [6, 6.07) is -1.34. The van der Waals surface area contributed by atoms with Gasteiger partial charge in [0.1, 0.15) is 0 Å². The second-order valence-corrected chi connectivity index (χ2v) is 7.73. The number of aliphatic imine (C=N–C) groups is 1. The summed E-state index contributed by atoms with van der Waals surface area (Å²) >= 11 is 0. The number of hydrogen-bond acceptors (Lipinski definition) is 6.